The molecule has 0 aliphatic heterocycles. The minimum Gasteiger partial charge on any atom is -0.0843 e. The van der Waals surface area contributed by atoms with E-state index < -0.39 is 0 Å². The number of benzene rings is 3. The summed E-state index contributed by atoms with van der Waals surface area (Å²) in [5, 5.41) is 0.799. The van der Waals surface area contributed by atoms with E-state index in [1.807, 2.05) is 12.1 Å². The van der Waals surface area contributed by atoms with Crippen LogP contribution in [0.5, 0.6) is 0 Å². The number of rotatable bonds is 4. The molecule has 0 amide bonds. The molecule has 0 saturated carbocycles. The fourth-order valence-corrected chi connectivity index (χ4v) is 3.55. The standard InChI is InChI=1S/C25H21Cl/c26-25-16-8-20(9-17-25)18-19-6-10-22(11-7-19)24-14-12-23(13-15-24)21-4-2-1-3-5-21/h1-6,8-9,11-17H,7,10,18H2. The van der Waals surface area contributed by atoms with Crippen LogP contribution in [0.1, 0.15) is 24.0 Å². The van der Waals surface area contributed by atoms with E-state index in [9.17, 15) is 0 Å². The van der Waals surface area contributed by atoms with E-state index in [0.29, 0.717) is 0 Å². The van der Waals surface area contributed by atoms with Crippen molar-refractivity contribution in [1.29, 1.82) is 0 Å². The monoisotopic (exact) mass is 356 g/mol. The van der Waals surface area contributed by atoms with Crippen LogP contribution in [-0.4, -0.2) is 0 Å². The van der Waals surface area contributed by atoms with Gasteiger partial charge in [0.15, 0.2) is 0 Å². The first-order valence-electron chi connectivity index (χ1n) is 9.05. The summed E-state index contributed by atoms with van der Waals surface area (Å²) < 4.78 is 0. The predicted octanol–water partition coefficient (Wildman–Crippen LogP) is 7.35. The molecule has 0 aromatic heterocycles. The van der Waals surface area contributed by atoms with Gasteiger partial charge in [0, 0.05) is 5.02 Å². The lowest BCUT2D eigenvalue weighted by molar-refractivity contribution is 1.03. The largest absolute Gasteiger partial charge is 0.0843 e. The molecule has 3 aromatic carbocycles. The zero-order valence-electron chi connectivity index (χ0n) is 14.7. The molecule has 0 saturated heterocycles. The van der Waals surface area contributed by atoms with Gasteiger partial charge in [-0.3, -0.25) is 0 Å². The third-order valence-electron chi connectivity index (χ3n) is 4.93. The predicted molar refractivity (Wildman–Crippen MR) is 112 cm³/mol. The van der Waals surface area contributed by atoms with Crippen LogP contribution in [0.15, 0.2) is 96.6 Å². The van der Waals surface area contributed by atoms with E-state index in [-0.39, 0.29) is 0 Å². The van der Waals surface area contributed by atoms with E-state index in [1.54, 1.807) is 0 Å². The lowest BCUT2D eigenvalue weighted by Gasteiger charge is -2.15. The van der Waals surface area contributed by atoms with E-state index >= 15 is 0 Å². The minimum atomic E-state index is 0.799. The van der Waals surface area contributed by atoms with Crippen molar-refractivity contribution in [3.8, 4) is 11.1 Å². The summed E-state index contributed by atoms with van der Waals surface area (Å²) in [4.78, 5) is 0. The maximum Gasteiger partial charge on any atom is 0.0406 e. The highest BCUT2D eigenvalue weighted by atomic mass is 35.5. The molecule has 0 spiro atoms. The molecule has 0 nitrogen and oxygen atoms in total. The Labute approximate surface area is 160 Å². The van der Waals surface area contributed by atoms with Crippen molar-refractivity contribution in [2.45, 2.75) is 19.3 Å². The molecule has 26 heavy (non-hydrogen) atoms. The Morgan fingerprint density at radius 2 is 1.27 bits per heavy atom. The summed E-state index contributed by atoms with van der Waals surface area (Å²) in [7, 11) is 0. The van der Waals surface area contributed by atoms with Gasteiger partial charge in [0.05, 0.1) is 0 Å². The Bertz CT molecular complexity index is 930. The van der Waals surface area contributed by atoms with Gasteiger partial charge in [0.1, 0.15) is 0 Å². The topological polar surface area (TPSA) is 0 Å². The summed E-state index contributed by atoms with van der Waals surface area (Å²) in [6.07, 6.45) is 7.80. The van der Waals surface area contributed by atoms with Gasteiger partial charge in [-0.15, -0.1) is 0 Å². The van der Waals surface area contributed by atoms with Crippen molar-refractivity contribution in [1.82, 2.24) is 0 Å². The molecular weight excluding hydrogens is 336 g/mol. The van der Waals surface area contributed by atoms with Crippen LogP contribution in [0.2, 0.25) is 5.02 Å². The summed E-state index contributed by atoms with van der Waals surface area (Å²) in [6, 6.07) is 27.6. The molecule has 0 N–H and O–H groups in total. The summed E-state index contributed by atoms with van der Waals surface area (Å²) in [5.41, 5.74) is 8.09. The molecule has 0 radical (unpaired) electrons. The van der Waals surface area contributed by atoms with Crippen molar-refractivity contribution in [3.05, 3.63) is 113 Å². The normalized spacial score (nSPS) is 13.9. The summed E-state index contributed by atoms with van der Waals surface area (Å²) in [6.45, 7) is 0. The van der Waals surface area contributed by atoms with Crippen LogP contribution in [0, 0.1) is 0 Å². The van der Waals surface area contributed by atoms with Crippen LogP contribution in [0.25, 0.3) is 16.7 Å². The van der Waals surface area contributed by atoms with E-state index in [4.69, 9.17) is 11.6 Å². The average Bonchev–Trinajstić information content (AvgIpc) is 2.71. The lowest BCUT2D eigenvalue weighted by atomic mass is 9.90. The van der Waals surface area contributed by atoms with Crippen molar-refractivity contribution in [3.63, 3.8) is 0 Å². The fourth-order valence-electron chi connectivity index (χ4n) is 3.43. The smallest absolute Gasteiger partial charge is 0.0406 e. The number of allylic oxidation sites excluding steroid dienone is 4. The Morgan fingerprint density at radius 1 is 0.615 bits per heavy atom. The van der Waals surface area contributed by atoms with Gasteiger partial charge in [-0.05, 0) is 59.2 Å². The molecule has 1 aliphatic carbocycles. The first-order valence-corrected chi connectivity index (χ1v) is 9.43. The highest BCUT2D eigenvalue weighted by Crippen LogP contribution is 2.29. The second-order valence-electron chi connectivity index (χ2n) is 6.75. The van der Waals surface area contributed by atoms with Gasteiger partial charge in [-0.1, -0.05) is 96.1 Å². The minimum absolute atomic E-state index is 0.799. The SMILES string of the molecule is Clc1ccc(CC2=CCC(c3ccc(-c4ccccc4)cc3)=CC2)cc1. The molecule has 0 atom stereocenters. The van der Waals surface area contributed by atoms with E-state index in [0.717, 1.165) is 24.3 Å². The molecule has 0 unspecified atom stereocenters. The number of halogens is 1. The van der Waals surface area contributed by atoms with E-state index in [2.05, 4.69) is 78.9 Å². The molecule has 3 aromatic rings. The first kappa shape index (κ1) is 16.9. The molecular formula is C25H21Cl. The van der Waals surface area contributed by atoms with Crippen LogP contribution < -0.4 is 0 Å². The highest BCUT2D eigenvalue weighted by Gasteiger charge is 2.09. The first-order chi connectivity index (χ1) is 12.8. The maximum absolute atomic E-state index is 5.97. The van der Waals surface area contributed by atoms with Gasteiger partial charge in [0.25, 0.3) is 0 Å². The Kier molecular flexibility index (Phi) is 5.04. The fraction of sp³-hybridized carbons (Fsp3) is 0.120. The van der Waals surface area contributed by atoms with Gasteiger partial charge in [-0.2, -0.15) is 0 Å². The molecule has 0 fully saturated rings. The van der Waals surface area contributed by atoms with E-state index in [1.165, 1.54) is 33.4 Å². The summed E-state index contributed by atoms with van der Waals surface area (Å²) in [5.74, 6) is 0. The number of hydrogen-bond donors (Lipinski definition) is 0. The maximum atomic E-state index is 5.97. The average molecular weight is 357 g/mol. The van der Waals surface area contributed by atoms with Gasteiger partial charge in [-0.25, -0.2) is 0 Å². The molecule has 0 bridgehead atoms. The molecule has 4 rings (SSSR count). The van der Waals surface area contributed by atoms with Gasteiger partial charge in [0.2, 0.25) is 0 Å². The molecule has 0 heterocycles. The third-order valence-corrected chi connectivity index (χ3v) is 5.18. The zero-order valence-corrected chi connectivity index (χ0v) is 15.4. The van der Waals surface area contributed by atoms with Crippen LogP contribution >= 0.6 is 11.6 Å². The quantitative estimate of drug-likeness (QED) is 0.428. The summed E-state index contributed by atoms with van der Waals surface area (Å²) >= 11 is 5.97. The van der Waals surface area contributed by atoms with Crippen molar-refractivity contribution in [2.75, 3.05) is 0 Å². The second-order valence-corrected chi connectivity index (χ2v) is 7.18. The van der Waals surface area contributed by atoms with Crippen molar-refractivity contribution >= 4 is 17.2 Å². The Balaban J connectivity index is 1.42. The second kappa shape index (κ2) is 7.76. The Hall–Kier alpha value is -2.57. The van der Waals surface area contributed by atoms with Gasteiger partial charge >= 0.3 is 0 Å². The number of hydrogen-bond acceptors (Lipinski definition) is 0. The molecule has 1 aliphatic rings. The van der Waals surface area contributed by atoms with Gasteiger partial charge < -0.3 is 0 Å². The van der Waals surface area contributed by atoms with Crippen LogP contribution in [0.4, 0.5) is 0 Å². The van der Waals surface area contributed by atoms with Crippen LogP contribution in [-0.2, 0) is 6.42 Å². The molecule has 128 valence electrons. The van der Waals surface area contributed by atoms with Crippen molar-refractivity contribution in [2.24, 2.45) is 0 Å². The lowest BCUT2D eigenvalue weighted by Crippen LogP contribution is -1.96. The van der Waals surface area contributed by atoms with Crippen molar-refractivity contribution < 1.29 is 0 Å². The third kappa shape index (κ3) is 3.98. The zero-order chi connectivity index (χ0) is 17.8. The molecule has 1 heteroatoms. The van der Waals surface area contributed by atoms with Crippen LogP contribution in [0.3, 0.4) is 0 Å². The Morgan fingerprint density at radius 3 is 1.92 bits per heavy atom. The highest BCUT2D eigenvalue weighted by molar-refractivity contribution is 6.30.